The Labute approximate surface area is 135 Å². The summed E-state index contributed by atoms with van der Waals surface area (Å²) in [7, 11) is 0. The molecule has 114 valence electrons. The minimum atomic E-state index is -0.953. The van der Waals surface area contributed by atoms with Crippen LogP contribution in [0.1, 0.15) is 25.5 Å². The molecule has 0 aliphatic heterocycles. The molecule has 1 aromatic carbocycles. The van der Waals surface area contributed by atoms with Crippen LogP contribution in [0.2, 0.25) is 10.0 Å². The summed E-state index contributed by atoms with van der Waals surface area (Å²) < 4.78 is 0. The van der Waals surface area contributed by atoms with Crippen LogP contribution in [0, 0.1) is 5.92 Å². The first kappa shape index (κ1) is 19.5. The number of amides is 1. The van der Waals surface area contributed by atoms with Gasteiger partial charge in [-0.1, -0.05) is 36.2 Å². The number of benzene rings is 1. The number of nitrogens with two attached hydrogens (primary N) is 1. The predicted octanol–water partition coefficient (Wildman–Crippen LogP) is 2.55. The molecule has 4 N–H and O–H groups in total. The maximum atomic E-state index is 11.7. The molecular weight excluding hydrogens is 323 g/mol. The van der Waals surface area contributed by atoms with Crippen LogP contribution in [0.15, 0.2) is 18.2 Å². The molecule has 0 aliphatic carbocycles. The smallest absolute Gasteiger partial charge is 0.224 e. The van der Waals surface area contributed by atoms with Crippen molar-refractivity contribution in [2.75, 3.05) is 6.54 Å². The van der Waals surface area contributed by atoms with Gasteiger partial charge in [0.05, 0.1) is 6.10 Å². The molecule has 7 heteroatoms. The van der Waals surface area contributed by atoms with Gasteiger partial charge < -0.3 is 16.2 Å². The number of halogens is 3. The van der Waals surface area contributed by atoms with Crippen molar-refractivity contribution in [1.82, 2.24) is 5.32 Å². The Morgan fingerprint density at radius 3 is 2.30 bits per heavy atom. The molecule has 20 heavy (non-hydrogen) atoms. The van der Waals surface area contributed by atoms with Crippen LogP contribution in [0.25, 0.3) is 0 Å². The number of carbonyl (C=O) groups is 1. The van der Waals surface area contributed by atoms with E-state index in [1.165, 1.54) is 0 Å². The zero-order valence-corrected chi connectivity index (χ0v) is 13.6. The van der Waals surface area contributed by atoms with Gasteiger partial charge in [0.2, 0.25) is 5.91 Å². The molecule has 1 rings (SSSR count). The van der Waals surface area contributed by atoms with Gasteiger partial charge in [-0.2, -0.15) is 0 Å². The van der Waals surface area contributed by atoms with Crippen molar-refractivity contribution in [2.24, 2.45) is 11.7 Å². The Morgan fingerprint density at radius 1 is 1.35 bits per heavy atom. The van der Waals surface area contributed by atoms with Crippen LogP contribution >= 0.6 is 35.6 Å². The highest BCUT2D eigenvalue weighted by molar-refractivity contribution is 6.36. The van der Waals surface area contributed by atoms with Gasteiger partial charge in [0.25, 0.3) is 0 Å². The molecule has 3 atom stereocenters. The van der Waals surface area contributed by atoms with E-state index in [9.17, 15) is 9.90 Å². The van der Waals surface area contributed by atoms with Crippen LogP contribution in [0.5, 0.6) is 0 Å². The fourth-order valence-corrected chi connectivity index (χ4v) is 2.18. The fourth-order valence-electron chi connectivity index (χ4n) is 1.53. The third-order valence-corrected chi connectivity index (χ3v) is 3.66. The molecule has 1 aromatic rings. The summed E-state index contributed by atoms with van der Waals surface area (Å²) in [5, 5.41) is 13.4. The first-order valence-corrected chi connectivity index (χ1v) is 6.75. The Hall–Kier alpha value is -0.520. The molecule has 0 saturated heterocycles. The fraction of sp³-hybridized carbons (Fsp3) is 0.462. The monoisotopic (exact) mass is 340 g/mol. The van der Waals surface area contributed by atoms with E-state index in [1.807, 2.05) is 0 Å². The highest BCUT2D eigenvalue weighted by Gasteiger charge is 2.20. The molecule has 0 radical (unpaired) electrons. The number of carbonyl (C=O) groups excluding carboxylic acids is 1. The van der Waals surface area contributed by atoms with Gasteiger partial charge in [0.15, 0.2) is 0 Å². The van der Waals surface area contributed by atoms with Crippen molar-refractivity contribution in [1.29, 1.82) is 0 Å². The summed E-state index contributed by atoms with van der Waals surface area (Å²) >= 11 is 12.0. The third kappa shape index (κ3) is 5.11. The lowest BCUT2D eigenvalue weighted by Crippen LogP contribution is -2.40. The maximum absolute atomic E-state index is 11.7. The largest absolute Gasteiger partial charge is 0.386 e. The summed E-state index contributed by atoms with van der Waals surface area (Å²) in [4.78, 5) is 11.7. The first-order chi connectivity index (χ1) is 8.84. The average Bonchev–Trinajstić information content (AvgIpc) is 2.34. The van der Waals surface area contributed by atoms with Crippen molar-refractivity contribution in [3.8, 4) is 0 Å². The van der Waals surface area contributed by atoms with Crippen LogP contribution < -0.4 is 11.1 Å². The minimum absolute atomic E-state index is 0. The summed E-state index contributed by atoms with van der Waals surface area (Å²) in [6, 6.07) is 4.72. The molecule has 1 amide bonds. The summed E-state index contributed by atoms with van der Waals surface area (Å²) in [6.07, 6.45) is -0.953. The maximum Gasteiger partial charge on any atom is 0.224 e. The molecule has 0 saturated carbocycles. The number of nitrogens with one attached hydrogen (secondary N) is 1. The van der Waals surface area contributed by atoms with Crippen molar-refractivity contribution in [2.45, 2.75) is 26.0 Å². The van der Waals surface area contributed by atoms with Crippen LogP contribution in [0.4, 0.5) is 0 Å². The van der Waals surface area contributed by atoms with E-state index < -0.39 is 6.10 Å². The number of hydrogen-bond donors (Lipinski definition) is 3. The molecule has 0 heterocycles. The molecular formula is C13H19Cl3N2O2. The van der Waals surface area contributed by atoms with Crippen molar-refractivity contribution >= 4 is 41.5 Å². The lowest BCUT2D eigenvalue weighted by atomic mass is 10.0. The third-order valence-electron chi connectivity index (χ3n) is 3.00. The molecule has 0 spiro atoms. The number of rotatable bonds is 5. The second kappa shape index (κ2) is 8.70. The highest BCUT2D eigenvalue weighted by atomic mass is 35.5. The topological polar surface area (TPSA) is 75.4 Å². The molecule has 0 aromatic heterocycles. The Morgan fingerprint density at radius 2 is 1.85 bits per heavy atom. The quantitative estimate of drug-likeness (QED) is 0.770. The summed E-state index contributed by atoms with van der Waals surface area (Å²) in [5.74, 6) is -0.536. The zero-order valence-electron chi connectivity index (χ0n) is 11.3. The second-order valence-electron chi connectivity index (χ2n) is 4.54. The van der Waals surface area contributed by atoms with Crippen molar-refractivity contribution in [3.05, 3.63) is 33.8 Å². The lowest BCUT2D eigenvalue weighted by molar-refractivity contribution is -0.125. The number of hydrogen-bond acceptors (Lipinski definition) is 3. The first-order valence-electron chi connectivity index (χ1n) is 5.99. The van der Waals surface area contributed by atoms with Gasteiger partial charge in [-0.3, -0.25) is 4.79 Å². The lowest BCUT2D eigenvalue weighted by Gasteiger charge is -2.18. The van der Waals surface area contributed by atoms with Gasteiger partial charge >= 0.3 is 0 Å². The Kier molecular flexibility index (Phi) is 8.47. The van der Waals surface area contributed by atoms with E-state index >= 15 is 0 Å². The van der Waals surface area contributed by atoms with Gasteiger partial charge in [0, 0.05) is 34.1 Å². The summed E-state index contributed by atoms with van der Waals surface area (Å²) in [5.41, 5.74) is 6.05. The van der Waals surface area contributed by atoms with E-state index in [-0.39, 0.29) is 36.8 Å². The number of aliphatic hydroxyl groups excluding tert-OH is 1. The van der Waals surface area contributed by atoms with E-state index in [4.69, 9.17) is 28.9 Å². The molecule has 0 aliphatic rings. The normalized spacial score (nSPS) is 14.9. The van der Waals surface area contributed by atoms with Crippen LogP contribution in [0.3, 0.4) is 0 Å². The van der Waals surface area contributed by atoms with Crippen LogP contribution in [-0.4, -0.2) is 23.6 Å². The number of aliphatic hydroxyl groups is 1. The predicted molar refractivity (Wildman–Crippen MR) is 84.5 cm³/mol. The van der Waals surface area contributed by atoms with E-state index in [2.05, 4.69) is 5.32 Å². The van der Waals surface area contributed by atoms with Crippen molar-refractivity contribution in [3.63, 3.8) is 0 Å². The Balaban J connectivity index is 0.00000361. The van der Waals surface area contributed by atoms with Gasteiger partial charge in [0.1, 0.15) is 0 Å². The molecule has 3 unspecified atom stereocenters. The zero-order chi connectivity index (χ0) is 14.6. The average molecular weight is 342 g/mol. The standard InChI is InChI=1S/C13H18Cl2N2O2.ClH/c1-7(8(2)16)13(19)17-6-11(18)12-9(14)4-3-5-10(12)15;/h3-5,7-8,11,18H,6,16H2,1-2H3,(H,17,19);1H. The second-order valence-corrected chi connectivity index (χ2v) is 5.36. The van der Waals surface area contributed by atoms with Gasteiger partial charge in [-0.25, -0.2) is 0 Å². The molecule has 4 nitrogen and oxygen atoms in total. The van der Waals surface area contributed by atoms with Gasteiger partial charge in [-0.05, 0) is 19.1 Å². The van der Waals surface area contributed by atoms with E-state index in [0.29, 0.717) is 15.6 Å². The minimum Gasteiger partial charge on any atom is -0.386 e. The SMILES string of the molecule is CC(N)C(C)C(=O)NCC(O)c1c(Cl)cccc1Cl.Cl. The molecule has 0 bridgehead atoms. The van der Waals surface area contributed by atoms with Crippen molar-refractivity contribution < 1.29 is 9.90 Å². The van der Waals surface area contributed by atoms with Gasteiger partial charge in [-0.15, -0.1) is 12.4 Å². The molecule has 0 fully saturated rings. The Bertz CT molecular complexity index is 435. The van der Waals surface area contributed by atoms with E-state index in [0.717, 1.165) is 0 Å². The highest BCUT2D eigenvalue weighted by Crippen LogP contribution is 2.29. The summed E-state index contributed by atoms with van der Waals surface area (Å²) in [6.45, 7) is 3.53. The van der Waals surface area contributed by atoms with E-state index in [1.54, 1.807) is 32.0 Å². The van der Waals surface area contributed by atoms with Crippen LogP contribution in [-0.2, 0) is 4.79 Å².